The molecule has 0 fully saturated rings. The second-order valence-electron chi connectivity index (χ2n) is 11.0. The highest BCUT2D eigenvalue weighted by molar-refractivity contribution is 5.82. The number of carbonyl (C=O) groups is 3. The Morgan fingerprint density at radius 1 is 0.681 bits per heavy atom. The third kappa shape index (κ3) is 10.2. The van der Waals surface area contributed by atoms with Crippen LogP contribution < -0.4 is 10.6 Å². The SMILES string of the molecule is CCCN(CCNC(=O)OC)Cc1ncc(-c2ccc(-c3ccc(-c4cnc(CN(CCC)C(=O)CNC(=O)OC)[nH]4)cc3)cc2)[nH]1. The molecule has 0 saturated carbocycles. The van der Waals surface area contributed by atoms with Crippen LogP contribution in [0.1, 0.15) is 38.3 Å². The molecule has 0 atom stereocenters. The van der Waals surface area contributed by atoms with Crippen molar-refractivity contribution in [3.8, 4) is 33.6 Å². The highest BCUT2D eigenvalue weighted by atomic mass is 16.5. The molecule has 13 nitrogen and oxygen atoms in total. The van der Waals surface area contributed by atoms with Crippen molar-refractivity contribution in [2.24, 2.45) is 0 Å². The summed E-state index contributed by atoms with van der Waals surface area (Å²) in [6.07, 6.45) is 4.32. The van der Waals surface area contributed by atoms with Crippen molar-refractivity contribution in [2.45, 2.75) is 39.8 Å². The van der Waals surface area contributed by atoms with Gasteiger partial charge in [-0.25, -0.2) is 19.6 Å². The Morgan fingerprint density at radius 3 is 1.68 bits per heavy atom. The molecule has 4 aromatic rings. The molecule has 4 rings (SSSR count). The third-order valence-electron chi connectivity index (χ3n) is 7.53. The molecular formula is C34H44N8O5. The number of hydrogen-bond acceptors (Lipinski definition) is 8. The summed E-state index contributed by atoms with van der Waals surface area (Å²) in [5.74, 6) is 1.32. The lowest BCUT2D eigenvalue weighted by Gasteiger charge is -2.21. The Kier molecular flexibility index (Phi) is 12.9. The number of aromatic amines is 2. The van der Waals surface area contributed by atoms with Gasteiger partial charge in [0.25, 0.3) is 0 Å². The molecular weight excluding hydrogens is 600 g/mol. The zero-order chi connectivity index (χ0) is 33.6. The van der Waals surface area contributed by atoms with Crippen LogP contribution in [0.25, 0.3) is 33.6 Å². The van der Waals surface area contributed by atoms with Gasteiger partial charge in [-0.2, -0.15) is 0 Å². The van der Waals surface area contributed by atoms with Crippen molar-refractivity contribution in [1.29, 1.82) is 0 Å². The van der Waals surface area contributed by atoms with Crippen molar-refractivity contribution in [1.82, 2.24) is 40.4 Å². The average molecular weight is 645 g/mol. The predicted molar refractivity (Wildman–Crippen MR) is 179 cm³/mol. The molecule has 0 radical (unpaired) electrons. The van der Waals surface area contributed by atoms with Crippen LogP contribution in [0.4, 0.5) is 9.59 Å². The van der Waals surface area contributed by atoms with Gasteiger partial charge in [0, 0.05) is 19.6 Å². The smallest absolute Gasteiger partial charge is 0.407 e. The molecule has 0 aliphatic rings. The number of aromatic nitrogens is 4. The van der Waals surface area contributed by atoms with Gasteiger partial charge >= 0.3 is 12.2 Å². The third-order valence-corrected chi connectivity index (χ3v) is 7.53. The zero-order valence-corrected chi connectivity index (χ0v) is 27.5. The molecule has 0 aliphatic heterocycles. The number of alkyl carbamates (subject to hydrolysis) is 2. The lowest BCUT2D eigenvalue weighted by atomic mass is 10.0. The van der Waals surface area contributed by atoms with E-state index < -0.39 is 12.2 Å². The molecule has 0 saturated heterocycles. The first-order valence-corrected chi connectivity index (χ1v) is 15.8. The first kappa shape index (κ1) is 34.7. The van der Waals surface area contributed by atoms with Crippen molar-refractivity contribution < 1.29 is 23.9 Å². The summed E-state index contributed by atoms with van der Waals surface area (Å²) in [7, 11) is 2.62. The van der Waals surface area contributed by atoms with Gasteiger partial charge in [-0.15, -0.1) is 0 Å². The lowest BCUT2D eigenvalue weighted by Crippen LogP contribution is -2.40. The minimum absolute atomic E-state index is 0.137. The zero-order valence-electron chi connectivity index (χ0n) is 27.5. The standard InChI is InChI=1S/C34H44N8O5/c1-5-16-41(18-15-35-33(44)46-3)22-30-36-19-28(39-30)26-11-7-24(8-12-26)25-9-13-27(14-10-25)29-20-37-31(40-29)23-42(17-6-2)32(43)21-38-34(45)47-4/h7-14,19-20H,5-6,15-18,21-23H2,1-4H3,(H,35,44)(H,36,39)(H,37,40)(H,38,45). The number of nitrogens with zero attached hydrogens (tertiary/aromatic N) is 4. The predicted octanol–water partition coefficient (Wildman–Crippen LogP) is 4.80. The van der Waals surface area contributed by atoms with E-state index in [1.807, 2.05) is 25.3 Å². The van der Waals surface area contributed by atoms with Crippen LogP contribution in [-0.4, -0.2) is 94.8 Å². The number of carbonyl (C=O) groups excluding carboxylic acids is 3. The quantitative estimate of drug-likeness (QED) is 0.136. The number of benzene rings is 2. The van der Waals surface area contributed by atoms with E-state index in [0.29, 0.717) is 38.5 Å². The van der Waals surface area contributed by atoms with Crippen LogP contribution in [-0.2, 0) is 27.4 Å². The second kappa shape index (κ2) is 17.5. The number of methoxy groups -OCH3 is 2. The van der Waals surface area contributed by atoms with E-state index in [1.54, 1.807) is 11.1 Å². The fourth-order valence-electron chi connectivity index (χ4n) is 5.12. The minimum Gasteiger partial charge on any atom is -0.453 e. The van der Waals surface area contributed by atoms with E-state index in [9.17, 15) is 14.4 Å². The summed E-state index contributed by atoms with van der Waals surface area (Å²) < 4.78 is 9.20. The molecule has 0 bridgehead atoms. The lowest BCUT2D eigenvalue weighted by molar-refractivity contribution is -0.130. The number of rotatable bonds is 16. The molecule has 2 aromatic heterocycles. The van der Waals surface area contributed by atoms with Crippen LogP contribution in [0.15, 0.2) is 60.9 Å². The van der Waals surface area contributed by atoms with E-state index in [1.165, 1.54) is 14.2 Å². The van der Waals surface area contributed by atoms with Crippen LogP contribution in [0.5, 0.6) is 0 Å². The maximum absolute atomic E-state index is 12.6. The summed E-state index contributed by atoms with van der Waals surface area (Å²) >= 11 is 0. The molecule has 13 heteroatoms. The molecule has 3 amide bonds. The van der Waals surface area contributed by atoms with Gasteiger partial charge in [-0.3, -0.25) is 9.69 Å². The first-order chi connectivity index (χ1) is 22.8. The molecule has 0 aliphatic carbocycles. The number of imidazole rings is 2. The summed E-state index contributed by atoms with van der Waals surface area (Å²) in [5.41, 5.74) is 5.99. The maximum atomic E-state index is 12.6. The Balaban J connectivity index is 1.35. The Hall–Kier alpha value is -5.17. The molecule has 0 spiro atoms. The molecule has 2 heterocycles. The van der Waals surface area contributed by atoms with Gasteiger partial charge in [-0.05, 0) is 41.6 Å². The van der Waals surface area contributed by atoms with E-state index in [0.717, 1.165) is 58.9 Å². The minimum atomic E-state index is -0.643. The summed E-state index contributed by atoms with van der Waals surface area (Å²) in [6.45, 7) is 7.58. The van der Waals surface area contributed by atoms with E-state index >= 15 is 0 Å². The van der Waals surface area contributed by atoms with E-state index in [2.05, 4.69) is 88.3 Å². The maximum Gasteiger partial charge on any atom is 0.407 e. The summed E-state index contributed by atoms with van der Waals surface area (Å²) in [4.78, 5) is 55.1. The van der Waals surface area contributed by atoms with Gasteiger partial charge < -0.3 is 35.0 Å². The fourth-order valence-corrected chi connectivity index (χ4v) is 5.12. The Bertz CT molecular complexity index is 1580. The number of hydrogen-bond donors (Lipinski definition) is 4. The van der Waals surface area contributed by atoms with Crippen LogP contribution in [0.3, 0.4) is 0 Å². The largest absolute Gasteiger partial charge is 0.453 e. The van der Waals surface area contributed by atoms with Crippen LogP contribution in [0.2, 0.25) is 0 Å². The molecule has 250 valence electrons. The van der Waals surface area contributed by atoms with Gasteiger partial charge in [0.1, 0.15) is 18.2 Å². The van der Waals surface area contributed by atoms with Crippen LogP contribution in [0, 0.1) is 0 Å². The van der Waals surface area contributed by atoms with Crippen molar-refractivity contribution in [3.63, 3.8) is 0 Å². The summed E-state index contributed by atoms with van der Waals surface area (Å²) in [5, 5.41) is 5.16. The Labute approximate surface area is 275 Å². The molecule has 2 aromatic carbocycles. The normalized spacial score (nSPS) is 10.9. The number of nitrogens with one attached hydrogen (secondary N) is 4. The second-order valence-corrected chi connectivity index (χ2v) is 11.0. The summed E-state index contributed by atoms with van der Waals surface area (Å²) in [6, 6.07) is 16.6. The number of ether oxygens (including phenoxy) is 2. The van der Waals surface area contributed by atoms with Gasteiger partial charge in [0.15, 0.2) is 0 Å². The molecule has 47 heavy (non-hydrogen) atoms. The first-order valence-electron chi connectivity index (χ1n) is 15.8. The monoisotopic (exact) mass is 644 g/mol. The van der Waals surface area contributed by atoms with E-state index in [4.69, 9.17) is 0 Å². The van der Waals surface area contributed by atoms with Crippen LogP contribution >= 0.6 is 0 Å². The van der Waals surface area contributed by atoms with Crippen molar-refractivity contribution >= 4 is 18.1 Å². The Morgan fingerprint density at radius 2 is 1.17 bits per heavy atom. The highest BCUT2D eigenvalue weighted by Gasteiger charge is 2.17. The fraction of sp³-hybridized carbons (Fsp3) is 0.382. The molecule has 0 unspecified atom stereocenters. The number of amides is 3. The number of H-pyrrole nitrogens is 2. The van der Waals surface area contributed by atoms with E-state index in [-0.39, 0.29) is 12.5 Å². The van der Waals surface area contributed by atoms with Gasteiger partial charge in [0.2, 0.25) is 5.91 Å². The highest BCUT2D eigenvalue weighted by Crippen LogP contribution is 2.27. The average Bonchev–Trinajstić information content (AvgIpc) is 3.77. The molecule has 4 N–H and O–H groups in total. The van der Waals surface area contributed by atoms with Crippen molar-refractivity contribution in [2.75, 3.05) is 46.9 Å². The topological polar surface area (TPSA) is 158 Å². The van der Waals surface area contributed by atoms with Gasteiger partial charge in [0.05, 0.1) is 51.1 Å². The van der Waals surface area contributed by atoms with Crippen molar-refractivity contribution in [3.05, 3.63) is 72.6 Å². The van der Waals surface area contributed by atoms with Gasteiger partial charge in [-0.1, -0.05) is 62.4 Å².